The summed E-state index contributed by atoms with van der Waals surface area (Å²) in [5, 5.41) is 0. The van der Waals surface area contributed by atoms with Crippen molar-refractivity contribution in [3.05, 3.63) is 58.0 Å². The molecule has 1 heterocycles. The van der Waals surface area contributed by atoms with Crippen LogP contribution in [0.5, 0.6) is 0 Å². The molecule has 0 saturated carbocycles. The molecule has 2 rings (SSSR count). The van der Waals surface area contributed by atoms with Crippen molar-refractivity contribution in [2.45, 2.75) is 26.6 Å². The van der Waals surface area contributed by atoms with Crippen LogP contribution in [-0.4, -0.2) is 9.13 Å². The monoisotopic (exact) mass is 249 g/mol. The minimum atomic E-state index is -0.306. The van der Waals surface area contributed by atoms with E-state index in [1.165, 1.54) is 6.07 Å². The Kier molecular flexibility index (Phi) is 3.62. The maximum absolute atomic E-state index is 13.3. The van der Waals surface area contributed by atoms with Gasteiger partial charge in [-0.3, -0.25) is 9.13 Å². The second-order valence-corrected chi connectivity index (χ2v) is 4.12. The molecule has 0 unspecified atom stereocenters. The van der Waals surface area contributed by atoms with Crippen LogP contribution in [0.1, 0.15) is 18.1 Å². The highest BCUT2D eigenvalue weighted by Gasteiger charge is 2.05. The summed E-state index contributed by atoms with van der Waals surface area (Å²) in [6.07, 6.45) is 3.48. The first-order chi connectivity index (χ1) is 8.65. The normalized spacial score (nSPS) is 10.8. The van der Waals surface area contributed by atoms with E-state index in [2.05, 4.69) is 0 Å². The Morgan fingerprint density at radius 2 is 2.00 bits per heavy atom. The number of benzene rings is 1. The first-order valence-corrected chi connectivity index (χ1v) is 5.88. The lowest BCUT2D eigenvalue weighted by Gasteiger charge is -2.05. The molecule has 0 fully saturated rings. The summed E-state index contributed by atoms with van der Waals surface area (Å²) in [4.78, 5) is 11.9. The fourth-order valence-electron chi connectivity index (χ4n) is 1.89. The SMILES string of the molecule is CCn1ccn(Cc2ccc(F)c(CN)c2)c1=O. The molecule has 18 heavy (non-hydrogen) atoms. The molecule has 0 radical (unpaired) electrons. The summed E-state index contributed by atoms with van der Waals surface area (Å²) in [6, 6.07) is 4.76. The lowest BCUT2D eigenvalue weighted by molar-refractivity contribution is 0.607. The van der Waals surface area contributed by atoms with Gasteiger partial charge in [-0.25, -0.2) is 9.18 Å². The standard InChI is InChI=1S/C13H16FN3O/c1-2-16-5-6-17(13(16)18)9-10-3-4-12(14)11(7-10)8-15/h3-7H,2,8-9,15H2,1H3. The van der Waals surface area contributed by atoms with Gasteiger partial charge in [-0.2, -0.15) is 0 Å². The number of hydrogen-bond acceptors (Lipinski definition) is 2. The van der Waals surface area contributed by atoms with Gasteiger partial charge < -0.3 is 5.73 Å². The molecule has 2 N–H and O–H groups in total. The lowest BCUT2D eigenvalue weighted by Crippen LogP contribution is -2.23. The van der Waals surface area contributed by atoms with E-state index in [1.807, 2.05) is 6.92 Å². The zero-order chi connectivity index (χ0) is 13.1. The zero-order valence-corrected chi connectivity index (χ0v) is 10.3. The second-order valence-electron chi connectivity index (χ2n) is 4.12. The number of hydrogen-bond donors (Lipinski definition) is 1. The Morgan fingerprint density at radius 1 is 1.28 bits per heavy atom. The Balaban J connectivity index is 2.28. The third kappa shape index (κ3) is 2.36. The Morgan fingerprint density at radius 3 is 2.61 bits per heavy atom. The van der Waals surface area contributed by atoms with Crippen molar-refractivity contribution in [3.8, 4) is 0 Å². The van der Waals surface area contributed by atoms with Gasteiger partial charge in [-0.1, -0.05) is 6.07 Å². The number of nitrogens with zero attached hydrogens (tertiary/aromatic N) is 2. The quantitative estimate of drug-likeness (QED) is 0.888. The van der Waals surface area contributed by atoms with Crippen LogP contribution in [0, 0.1) is 5.82 Å². The maximum atomic E-state index is 13.3. The van der Waals surface area contributed by atoms with Crippen LogP contribution in [0.4, 0.5) is 4.39 Å². The zero-order valence-electron chi connectivity index (χ0n) is 10.3. The van der Waals surface area contributed by atoms with Crippen molar-refractivity contribution >= 4 is 0 Å². The van der Waals surface area contributed by atoms with Crippen LogP contribution < -0.4 is 11.4 Å². The van der Waals surface area contributed by atoms with Crippen LogP contribution in [0.25, 0.3) is 0 Å². The van der Waals surface area contributed by atoms with Crippen molar-refractivity contribution in [1.82, 2.24) is 9.13 Å². The van der Waals surface area contributed by atoms with E-state index >= 15 is 0 Å². The first kappa shape index (κ1) is 12.6. The molecular formula is C13H16FN3O. The Bertz CT molecular complexity index is 601. The van der Waals surface area contributed by atoms with Gasteiger partial charge in [0.25, 0.3) is 0 Å². The van der Waals surface area contributed by atoms with E-state index in [9.17, 15) is 9.18 Å². The summed E-state index contributed by atoms with van der Waals surface area (Å²) in [5.41, 5.74) is 6.73. The molecule has 0 atom stereocenters. The molecule has 4 nitrogen and oxygen atoms in total. The van der Waals surface area contributed by atoms with Crippen LogP contribution >= 0.6 is 0 Å². The molecule has 0 aliphatic rings. The summed E-state index contributed by atoms with van der Waals surface area (Å²) in [7, 11) is 0. The topological polar surface area (TPSA) is 52.9 Å². The van der Waals surface area contributed by atoms with Crippen LogP contribution in [0.3, 0.4) is 0 Å². The number of aromatic nitrogens is 2. The summed E-state index contributed by atoms with van der Waals surface area (Å²) >= 11 is 0. The maximum Gasteiger partial charge on any atom is 0.328 e. The highest BCUT2D eigenvalue weighted by atomic mass is 19.1. The van der Waals surface area contributed by atoms with Crippen molar-refractivity contribution in [2.75, 3.05) is 0 Å². The fourth-order valence-corrected chi connectivity index (χ4v) is 1.89. The summed E-state index contributed by atoms with van der Waals surface area (Å²) in [6.45, 7) is 3.14. The number of imidazole rings is 1. The van der Waals surface area contributed by atoms with E-state index in [4.69, 9.17) is 5.73 Å². The molecule has 5 heteroatoms. The molecule has 0 bridgehead atoms. The average Bonchev–Trinajstić information content (AvgIpc) is 2.73. The Hall–Kier alpha value is -1.88. The fraction of sp³-hybridized carbons (Fsp3) is 0.308. The highest BCUT2D eigenvalue weighted by molar-refractivity contribution is 5.25. The van der Waals surface area contributed by atoms with E-state index in [0.717, 1.165) is 5.56 Å². The molecule has 1 aromatic heterocycles. The van der Waals surface area contributed by atoms with Crippen molar-refractivity contribution in [3.63, 3.8) is 0 Å². The number of aryl methyl sites for hydroxylation is 1. The summed E-state index contributed by atoms with van der Waals surface area (Å²) in [5.74, 6) is -0.306. The van der Waals surface area contributed by atoms with Crippen LogP contribution in [-0.2, 0) is 19.6 Å². The molecule has 0 spiro atoms. The van der Waals surface area contributed by atoms with Gasteiger partial charge in [0.2, 0.25) is 0 Å². The Labute approximate surface area is 104 Å². The summed E-state index contributed by atoms with van der Waals surface area (Å²) < 4.78 is 16.5. The number of halogens is 1. The largest absolute Gasteiger partial charge is 0.328 e. The lowest BCUT2D eigenvalue weighted by atomic mass is 10.1. The van der Waals surface area contributed by atoms with Gasteiger partial charge >= 0.3 is 5.69 Å². The van der Waals surface area contributed by atoms with Gasteiger partial charge in [-0.05, 0) is 24.6 Å². The molecule has 0 amide bonds. The number of rotatable bonds is 4. The molecule has 1 aromatic carbocycles. The predicted molar refractivity (Wildman–Crippen MR) is 67.8 cm³/mol. The third-order valence-electron chi connectivity index (χ3n) is 2.94. The third-order valence-corrected chi connectivity index (χ3v) is 2.94. The van der Waals surface area contributed by atoms with Gasteiger partial charge in [0.15, 0.2) is 0 Å². The van der Waals surface area contributed by atoms with Gasteiger partial charge in [-0.15, -0.1) is 0 Å². The molecule has 96 valence electrons. The van der Waals surface area contributed by atoms with Gasteiger partial charge in [0.05, 0.1) is 6.54 Å². The van der Waals surface area contributed by atoms with Crippen molar-refractivity contribution in [1.29, 1.82) is 0 Å². The van der Waals surface area contributed by atoms with Crippen molar-refractivity contribution in [2.24, 2.45) is 5.73 Å². The van der Waals surface area contributed by atoms with Crippen molar-refractivity contribution < 1.29 is 4.39 Å². The number of nitrogens with two attached hydrogens (primary N) is 1. The molecule has 0 aliphatic carbocycles. The van der Waals surface area contributed by atoms with Crippen LogP contribution in [0.15, 0.2) is 35.4 Å². The first-order valence-electron chi connectivity index (χ1n) is 5.88. The average molecular weight is 249 g/mol. The predicted octanol–water partition coefficient (Wildman–Crippen LogP) is 1.32. The molecule has 0 saturated heterocycles. The van der Waals surface area contributed by atoms with Crippen LogP contribution in [0.2, 0.25) is 0 Å². The smallest absolute Gasteiger partial charge is 0.326 e. The van der Waals surface area contributed by atoms with Gasteiger partial charge in [0, 0.05) is 31.0 Å². The van der Waals surface area contributed by atoms with E-state index < -0.39 is 0 Å². The molecule has 0 aliphatic heterocycles. The van der Waals surface area contributed by atoms with E-state index in [0.29, 0.717) is 18.7 Å². The highest BCUT2D eigenvalue weighted by Crippen LogP contribution is 2.10. The molecular weight excluding hydrogens is 233 g/mol. The van der Waals surface area contributed by atoms with Gasteiger partial charge in [0.1, 0.15) is 5.82 Å². The van der Waals surface area contributed by atoms with E-state index in [-0.39, 0.29) is 18.1 Å². The van der Waals surface area contributed by atoms with E-state index in [1.54, 1.807) is 33.7 Å². The second kappa shape index (κ2) is 5.18. The minimum Gasteiger partial charge on any atom is -0.326 e. The minimum absolute atomic E-state index is 0.0591. The molecule has 2 aromatic rings.